The van der Waals surface area contributed by atoms with E-state index in [1.807, 2.05) is 12.1 Å². The van der Waals surface area contributed by atoms with Crippen LogP contribution in [0, 0.1) is 0 Å². The minimum Gasteiger partial charge on any atom is -0.493 e. The van der Waals surface area contributed by atoms with E-state index in [2.05, 4.69) is 11.1 Å². The molecule has 1 aromatic carbocycles. The number of carbonyl (C=O) groups excluding carboxylic acids is 1. The predicted molar refractivity (Wildman–Crippen MR) is 77.5 cm³/mol. The zero-order valence-corrected chi connectivity index (χ0v) is 11.7. The van der Waals surface area contributed by atoms with E-state index in [0.717, 1.165) is 24.3 Å². The number of ether oxygens (including phenoxy) is 1. The quantitative estimate of drug-likeness (QED) is 0.808. The van der Waals surface area contributed by atoms with E-state index in [1.54, 1.807) is 18.3 Å². The van der Waals surface area contributed by atoms with Crippen molar-refractivity contribution >= 4 is 17.4 Å². The molecule has 0 atom stereocenters. The fourth-order valence-corrected chi connectivity index (χ4v) is 2.59. The van der Waals surface area contributed by atoms with Crippen molar-refractivity contribution in [2.75, 3.05) is 6.61 Å². The van der Waals surface area contributed by atoms with Crippen molar-refractivity contribution in [1.29, 1.82) is 0 Å². The van der Waals surface area contributed by atoms with E-state index >= 15 is 0 Å². The van der Waals surface area contributed by atoms with E-state index in [9.17, 15) is 4.79 Å². The minimum atomic E-state index is -0.0210. The maximum atomic E-state index is 12.1. The molecule has 0 aliphatic carbocycles. The molecule has 0 radical (unpaired) electrons. The molecule has 0 N–H and O–H groups in total. The topological polar surface area (TPSA) is 39.2 Å². The highest BCUT2D eigenvalue weighted by Gasteiger charge is 2.14. The van der Waals surface area contributed by atoms with Gasteiger partial charge in [0.05, 0.1) is 11.6 Å². The predicted octanol–water partition coefficient (Wildman–Crippen LogP) is 3.49. The van der Waals surface area contributed by atoms with Gasteiger partial charge < -0.3 is 4.74 Å². The third kappa shape index (κ3) is 2.68. The van der Waals surface area contributed by atoms with E-state index in [4.69, 9.17) is 16.3 Å². The van der Waals surface area contributed by atoms with Crippen LogP contribution >= 0.6 is 11.6 Å². The molecule has 0 unspecified atom stereocenters. The van der Waals surface area contributed by atoms with Gasteiger partial charge in [-0.05, 0) is 35.7 Å². The lowest BCUT2D eigenvalue weighted by Gasteiger charge is -2.05. The SMILES string of the molecule is O=C(CCc1ccc2c(c1)CCO2)c1ncccc1Cl. The van der Waals surface area contributed by atoms with Crippen LogP contribution in [0.1, 0.15) is 28.0 Å². The van der Waals surface area contributed by atoms with E-state index in [1.165, 1.54) is 5.56 Å². The Morgan fingerprint density at radius 1 is 1.35 bits per heavy atom. The molecular weight excluding hydrogens is 274 g/mol. The first-order valence-corrected chi connectivity index (χ1v) is 7.00. The normalized spacial score (nSPS) is 12.8. The van der Waals surface area contributed by atoms with E-state index in [0.29, 0.717) is 23.6 Å². The van der Waals surface area contributed by atoms with Gasteiger partial charge in [0, 0.05) is 19.0 Å². The monoisotopic (exact) mass is 287 g/mol. The van der Waals surface area contributed by atoms with Gasteiger partial charge in [0.25, 0.3) is 0 Å². The molecule has 0 amide bonds. The summed E-state index contributed by atoms with van der Waals surface area (Å²) in [5.41, 5.74) is 2.74. The van der Waals surface area contributed by atoms with Crippen molar-refractivity contribution in [1.82, 2.24) is 4.98 Å². The molecule has 0 spiro atoms. The molecular formula is C16H14ClNO2. The number of rotatable bonds is 4. The van der Waals surface area contributed by atoms with Gasteiger partial charge >= 0.3 is 0 Å². The number of halogens is 1. The molecule has 4 heteroatoms. The van der Waals surface area contributed by atoms with Crippen molar-refractivity contribution in [2.24, 2.45) is 0 Å². The van der Waals surface area contributed by atoms with E-state index < -0.39 is 0 Å². The number of hydrogen-bond donors (Lipinski definition) is 0. The van der Waals surface area contributed by atoms with Gasteiger partial charge in [0.2, 0.25) is 0 Å². The summed E-state index contributed by atoms with van der Waals surface area (Å²) in [5.74, 6) is 0.945. The lowest BCUT2D eigenvalue weighted by Crippen LogP contribution is -2.04. The summed E-state index contributed by atoms with van der Waals surface area (Å²) in [6, 6.07) is 9.52. The van der Waals surface area contributed by atoms with Gasteiger partial charge in [-0.1, -0.05) is 23.7 Å². The number of nitrogens with zero attached hydrogens (tertiary/aromatic N) is 1. The summed E-state index contributed by atoms with van der Waals surface area (Å²) in [6.45, 7) is 0.751. The van der Waals surface area contributed by atoms with Crippen LogP contribution in [-0.4, -0.2) is 17.4 Å². The smallest absolute Gasteiger partial charge is 0.183 e. The maximum absolute atomic E-state index is 12.1. The Kier molecular flexibility index (Phi) is 3.70. The number of Topliss-reactive ketones (excluding diaryl/α,β-unsaturated/α-hetero) is 1. The molecule has 3 nitrogen and oxygen atoms in total. The standard InChI is InChI=1S/C16H14ClNO2/c17-13-2-1-8-18-16(13)14(19)5-3-11-4-6-15-12(10-11)7-9-20-15/h1-2,4,6,8,10H,3,5,7,9H2. The zero-order valence-electron chi connectivity index (χ0n) is 10.9. The fraction of sp³-hybridized carbons (Fsp3) is 0.250. The molecule has 3 rings (SSSR count). The first-order valence-electron chi connectivity index (χ1n) is 6.62. The Balaban J connectivity index is 1.68. The van der Waals surface area contributed by atoms with Crippen LogP contribution in [0.15, 0.2) is 36.5 Å². The summed E-state index contributed by atoms with van der Waals surface area (Å²) in [7, 11) is 0. The second kappa shape index (κ2) is 5.63. The Morgan fingerprint density at radius 3 is 3.10 bits per heavy atom. The summed E-state index contributed by atoms with van der Waals surface area (Å²) in [5, 5.41) is 0.417. The molecule has 0 bridgehead atoms. The number of pyridine rings is 1. The molecule has 0 saturated heterocycles. The van der Waals surface area contributed by atoms with Crippen LogP contribution in [0.25, 0.3) is 0 Å². The number of aryl methyl sites for hydroxylation is 1. The maximum Gasteiger partial charge on any atom is 0.183 e. The van der Waals surface area contributed by atoms with Crippen molar-refractivity contribution in [3.8, 4) is 5.75 Å². The lowest BCUT2D eigenvalue weighted by atomic mass is 10.0. The summed E-state index contributed by atoms with van der Waals surface area (Å²) in [4.78, 5) is 16.1. The van der Waals surface area contributed by atoms with Crippen molar-refractivity contribution in [3.63, 3.8) is 0 Å². The van der Waals surface area contributed by atoms with E-state index in [-0.39, 0.29) is 5.78 Å². The number of fused-ring (bicyclic) bond motifs is 1. The summed E-state index contributed by atoms with van der Waals surface area (Å²) >= 11 is 5.98. The first-order chi connectivity index (χ1) is 9.74. The number of hydrogen-bond acceptors (Lipinski definition) is 3. The average molecular weight is 288 g/mol. The number of ketones is 1. The Hall–Kier alpha value is -1.87. The lowest BCUT2D eigenvalue weighted by molar-refractivity contribution is 0.0978. The molecule has 20 heavy (non-hydrogen) atoms. The number of benzene rings is 1. The van der Waals surface area contributed by atoms with Gasteiger partial charge in [-0.15, -0.1) is 0 Å². The van der Waals surface area contributed by atoms with Crippen molar-refractivity contribution in [3.05, 3.63) is 58.4 Å². The average Bonchev–Trinajstić information content (AvgIpc) is 2.92. The summed E-state index contributed by atoms with van der Waals surface area (Å²) in [6.07, 6.45) is 3.64. The van der Waals surface area contributed by atoms with Crippen LogP contribution in [-0.2, 0) is 12.8 Å². The van der Waals surface area contributed by atoms with Crippen LogP contribution < -0.4 is 4.74 Å². The van der Waals surface area contributed by atoms with Crippen LogP contribution in [0.3, 0.4) is 0 Å². The first kappa shape index (κ1) is 13.1. The van der Waals surface area contributed by atoms with Gasteiger partial charge in [-0.3, -0.25) is 9.78 Å². The molecule has 0 fully saturated rings. The van der Waals surface area contributed by atoms with Crippen LogP contribution in [0.4, 0.5) is 0 Å². The highest BCUT2D eigenvalue weighted by Crippen LogP contribution is 2.26. The van der Waals surface area contributed by atoms with Crippen LogP contribution in [0.5, 0.6) is 5.75 Å². The van der Waals surface area contributed by atoms with Gasteiger partial charge in [-0.25, -0.2) is 0 Å². The van der Waals surface area contributed by atoms with Crippen LogP contribution in [0.2, 0.25) is 5.02 Å². The summed E-state index contributed by atoms with van der Waals surface area (Å²) < 4.78 is 5.47. The molecule has 1 aliphatic rings. The third-order valence-electron chi connectivity index (χ3n) is 3.42. The molecule has 0 saturated carbocycles. The largest absolute Gasteiger partial charge is 0.493 e. The Bertz CT molecular complexity index is 655. The van der Waals surface area contributed by atoms with Crippen molar-refractivity contribution < 1.29 is 9.53 Å². The second-order valence-electron chi connectivity index (χ2n) is 4.80. The molecule has 2 aromatic rings. The number of carbonyl (C=O) groups is 1. The molecule has 1 aromatic heterocycles. The highest BCUT2D eigenvalue weighted by molar-refractivity contribution is 6.33. The molecule has 2 heterocycles. The van der Waals surface area contributed by atoms with Gasteiger partial charge in [0.1, 0.15) is 11.4 Å². The minimum absolute atomic E-state index is 0.0210. The fourth-order valence-electron chi connectivity index (χ4n) is 2.36. The van der Waals surface area contributed by atoms with Gasteiger partial charge in [0.15, 0.2) is 5.78 Å². The highest BCUT2D eigenvalue weighted by atomic mass is 35.5. The molecule has 102 valence electrons. The molecule has 1 aliphatic heterocycles. The second-order valence-corrected chi connectivity index (χ2v) is 5.20. The zero-order chi connectivity index (χ0) is 13.9. The third-order valence-corrected chi connectivity index (χ3v) is 3.72. The van der Waals surface area contributed by atoms with Gasteiger partial charge in [-0.2, -0.15) is 0 Å². The Labute approximate surface area is 122 Å². The van der Waals surface area contributed by atoms with Crippen molar-refractivity contribution in [2.45, 2.75) is 19.3 Å². The number of aromatic nitrogens is 1. The Morgan fingerprint density at radius 2 is 2.25 bits per heavy atom.